The lowest BCUT2D eigenvalue weighted by Gasteiger charge is -2.46. The Morgan fingerprint density at radius 2 is 1.71 bits per heavy atom. The first kappa shape index (κ1) is 13.8. The molecule has 110 valence electrons. The Labute approximate surface area is 122 Å². The van der Waals surface area contributed by atoms with Crippen molar-refractivity contribution < 1.29 is 19.5 Å². The summed E-state index contributed by atoms with van der Waals surface area (Å²) in [5.74, 6) is -1.19. The van der Waals surface area contributed by atoms with Gasteiger partial charge in [-0.2, -0.15) is 0 Å². The van der Waals surface area contributed by atoms with Crippen molar-refractivity contribution in [2.24, 2.45) is 0 Å². The van der Waals surface area contributed by atoms with E-state index < -0.39 is 17.4 Å². The van der Waals surface area contributed by atoms with Gasteiger partial charge in [0.25, 0.3) is 11.8 Å². The zero-order chi connectivity index (χ0) is 15.2. The van der Waals surface area contributed by atoms with Crippen molar-refractivity contribution in [3.05, 3.63) is 35.4 Å². The van der Waals surface area contributed by atoms with Crippen LogP contribution in [0.3, 0.4) is 0 Å². The third-order valence-electron chi connectivity index (χ3n) is 4.15. The van der Waals surface area contributed by atoms with E-state index in [4.69, 9.17) is 0 Å². The van der Waals surface area contributed by atoms with Crippen molar-refractivity contribution in [3.8, 4) is 0 Å². The van der Waals surface area contributed by atoms with Crippen LogP contribution in [0.1, 0.15) is 34.1 Å². The number of aliphatic hydroxyl groups is 1. The van der Waals surface area contributed by atoms with Crippen LogP contribution in [-0.4, -0.2) is 57.9 Å². The Balaban J connectivity index is 1.69. The Bertz CT molecular complexity index is 599. The molecule has 1 aromatic rings. The molecule has 2 aliphatic heterocycles. The standard InChI is InChI=1S/C15H16N2O4/c1-2-15(21)8-16(9-15)12(18)7-17-13(19)10-5-3-4-6-11(10)14(17)20/h3-6,21H,2,7-9H2,1H3. The Morgan fingerprint density at radius 1 is 1.19 bits per heavy atom. The topological polar surface area (TPSA) is 77.9 Å². The molecule has 0 radical (unpaired) electrons. The molecule has 1 aromatic carbocycles. The molecule has 0 spiro atoms. The predicted molar refractivity (Wildman–Crippen MR) is 73.6 cm³/mol. The van der Waals surface area contributed by atoms with Gasteiger partial charge in [-0.25, -0.2) is 0 Å². The second-order valence-corrected chi connectivity index (χ2v) is 5.57. The number of β-amino-alcohol motifs (C(OH)–C–C–N with tert-alkyl or cyclic N) is 1. The summed E-state index contributed by atoms with van der Waals surface area (Å²) in [6, 6.07) is 6.54. The summed E-state index contributed by atoms with van der Waals surface area (Å²) < 4.78 is 0. The van der Waals surface area contributed by atoms with Crippen LogP contribution in [-0.2, 0) is 4.79 Å². The van der Waals surface area contributed by atoms with Crippen LogP contribution in [0.25, 0.3) is 0 Å². The number of hydrogen-bond acceptors (Lipinski definition) is 4. The van der Waals surface area contributed by atoms with Gasteiger partial charge in [-0.15, -0.1) is 0 Å². The molecule has 1 fully saturated rings. The van der Waals surface area contributed by atoms with E-state index in [0.29, 0.717) is 17.5 Å². The molecule has 1 saturated heterocycles. The van der Waals surface area contributed by atoms with E-state index in [1.807, 2.05) is 6.92 Å². The lowest BCUT2D eigenvalue weighted by atomic mass is 9.91. The molecular weight excluding hydrogens is 272 g/mol. The summed E-state index contributed by atoms with van der Waals surface area (Å²) in [7, 11) is 0. The number of carbonyl (C=O) groups is 3. The predicted octanol–water partition coefficient (Wildman–Crippen LogP) is 0.266. The van der Waals surface area contributed by atoms with Gasteiger partial charge in [-0.05, 0) is 18.6 Å². The first-order valence-electron chi connectivity index (χ1n) is 6.90. The lowest BCUT2D eigenvalue weighted by molar-refractivity contribution is -0.155. The Hall–Kier alpha value is -2.21. The number of nitrogens with zero attached hydrogens (tertiary/aromatic N) is 2. The molecule has 3 rings (SSSR count). The number of carbonyl (C=O) groups excluding carboxylic acids is 3. The van der Waals surface area contributed by atoms with Crippen LogP contribution >= 0.6 is 0 Å². The van der Waals surface area contributed by atoms with Gasteiger partial charge in [0.2, 0.25) is 5.91 Å². The maximum Gasteiger partial charge on any atom is 0.262 e. The molecule has 0 aliphatic carbocycles. The summed E-state index contributed by atoms with van der Waals surface area (Å²) in [6.45, 7) is 2.09. The fourth-order valence-corrected chi connectivity index (χ4v) is 2.68. The molecule has 0 bridgehead atoms. The van der Waals surface area contributed by atoms with Crippen LogP contribution in [0.2, 0.25) is 0 Å². The Kier molecular flexibility index (Phi) is 3.06. The molecule has 21 heavy (non-hydrogen) atoms. The first-order valence-corrected chi connectivity index (χ1v) is 6.90. The molecule has 0 atom stereocenters. The molecule has 2 aliphatic rings. The average molecular weight is 288 g/mol. The maximum absolute atomic E-state index is 12.1. The molecule has 1 N–H and O–H groups in total. The number of benzene rings is 1. The maximum atomic E-state index is 12.1. The molecular formula is C15H16N2O4. The quantitative estimate of drug-likeness (QED) is 0.810. The molecule has 2 heterocycles. The number of fused-ring (bicyclic) bond motifs is 1. The van der Waals surface area contributed by atoms with Crippen molar-refractivity contribution >= 4 is 17.7 Å². The fraction of sp³-hybridized carbons (Fsp3) is 0.400. The highest BCUT2D eigenvalue weighted by Gasteiger charge is 2.44. The van der Waals surface area contributed by atoms with Crippen LogP contribution in [0.4, 0.5) is 0 Å². The highest BCUT2D eigenvalue weighted by atomic mass is 16.3. The van der Waals surface area contributed by atoms with Crippen molar-refractivity contribution in [3.63, 3.8) is 0 Å². The monoisotopic (exact) mass is 288 g/mol. The number of imide groups is 1. The van der Waals surface area contributed by atoms with Gasteiger partial charge in [0, 0.05) is 0 Å². The highest BCUT2D eigenvalue weighted by molar-refractivity contribution is 6.22. The van der Waals surface area contributed by atoms with E-state index >= 15 is 0 Å². The minimum Gasteiger partial charge on any atom is -0.386 e. The number of likely N-dealkylation sites (tertiary alicyclic amines) is 1. The van der Waals surface area contributed by atoms with Gasteiger partial charge in [0.15, 0.2) is 0 Å². The number of rotatable bonds is 3. The normalized spacial score (nSPS) is 19.5. The number of hydrogen-bond donors (Lipinski definition) is 1. The van der Waals surface area contributed by atoms with E-state index in [0.717, 1.165) is 4.90 Å². The van der Waals surface area contributed by atoms with Gasteiger partial charge in [-0.3, -0.25) is 19.3 Å². The minimum atomic E-state index is -0.822. The van der Waals surface area contributed by atoms with E-state index in [1.165, 1.54) is 4.90 Å². The largest absolute Gasteiger partial charge is 0.386 e. The Morgan fingerprint density at radius 3 is 2.19 bits per heavy atom. The average Bonchev–Trinajstić information content (AvgIpc) is 2.69. The molecule has 0 unspecified atom stereocenters. The van der Waals surface area contributed by atoms with Crippen LogP contribution in [0, 0.1) is 0 Å². The van der Waals surface area contributed by atoms with E-state index in [9.17, 15) is 19.5 Å². The smallest absolute Gasteiger partial charge is 0.262 e. The summed E-state index contributed by atoms with van der Waals surface area (Å²) in [5, 5.41) is 9.90. The van der Waals surface area contributed by atoms with Gasteiger partial charge in [-0.1, -0.05) is 19.1 Å². The SMILES string of the molecule is CCC1(O)CN(C(=O)CN2C(=O)c3ccccc3C2=O)C1. The molecule has 0 aromatic heterocycles. The second-order valence-electron chi connectivity index (χ2n) is 5.57. The lowest BCUT2D eigenvalue weighted by Crippen LogP contribution is -2.64. The van der Waals surface area contributed by atoms with Gasteiger partial charge >= 0.3 is 0 Å². The van der Waals surface area contributed by atoms with Gasteiger partial charge < -0.3 is 10.0 Å². The van der Waals surface area contributed by atoms with Crippen LogP contribution < -0.4 is 0 Å². The molecule has 6 nitrogen and oxygen atoms in total. The minimum absolute atomic E-state index is 0.255. The van der Waals surface area contributed by atoms with Crippen LogP contribution in [0.5, 0.6) is 0 Å². The van der Waals surface area contributed by atoms with Gasteiger partial charge in [0.1, 0.15) is 6.54 Å². The van der Waals surface area contributed by atoms with Gasteiger partial charge in [0.05, 0.1) is 29.8 Å². The zero-order valence-corrected chi connectivity index (χ0v) is 11.7. The van der Waals surface area contributed by atoms with E-state index in [2.05, 4.69) is 0 Å². The first-order chi connectivity index (χ1) is 9.95. The fourth-order valence-electron chi connectivity index (χ4n) is 2.68. The van der Waals surface area contributed by atoms with Crippen molar-refractivity contribution in [2.45, 2.75) is 18.9 Å². The summed E-state index contributed by atoms with van der Waals surface area (Å²) in [6.07, 6.45) is 0.573. The highest BCUT2D eigenvalue weighted by Crippen LogP contribution is 2.26. The van der Waals surface area contributed by atoms with Crippen LogP contribution in [0.15, 0.2) is 24.3 Å². The number of amides is 3. The van der Waals surface area contributed by atoms with E-state index in [-0.39, 0.29) is 25.5 Å². The molecule has 3 amide bonds. The molecule has 0 saturated carbocycles. The third kappa shape index (κ3) is 2.12. The van der Waals surface area contributed by atoms with Crippen molar-refractivity contribution in [1.29, 1.82) is 0 Å². The van der Waals surface area contributed by atoms with E-state index in [1.54, 1.807) is 24.3 Å². The third-order valence-corrected chi connectivity index (χ3v) is 4.15. The zero-order valence-electron chi connectivity index (χ0n) is 11.7. The molecule has 6 heteroatoms. The second kappa shape index (κ2) is 4.66. The summed E-state index contributed by atoms with van der Waals surface area (Å²) in [4.78, 5) is 38.8. The van der Waals surface area contributed by atoms with Crippen molar-refractivity contribution in [2.75, 3.05) is 19.6 Å². The summed E-state index contributed by atoms with van der Waals surface area (Å²) >= 11 is 0. The summed E-state index contributed by atoms with van der Waals surface area (Å²) in [5.41, 5.74) is -0.148. The van der Waals surface area contributed by atoms with Crippen molar-refractivity contribution in [1.82, 2.24) is 9.80 Å².